The third-order valence-corrected chi connectivity index (χ3v) is 3.98. The Bertz CT molecular complexity index is 641. The highest BCUT2D eigenvalue weighted by Crippen LogP contribution is 2.20. The maximum absolute atomic E-state index is 12.6. The summed E-state index contributed by atoms with van der Waals surface area (Å²) < 4.78 is 5.18. The Morgan fingerprint density at radius 2 is 1.52 bits per heavy atom. The van der Waals surface area contributed by atoms with Crippen LogP contribution < -0.4 is 10.5 Å². The Balaban J connectivity index is 1.92. The Hall–Kier alpha value is -2.57. The smallest absolute Gasteiger partial charge is 0.255 e. The summed E-state index contributed by atoms with van der Waals surface area (Å²) in [4.78, 5) is 39.1. The van der Waals surface area contributed by atoms with Gasteiger partial charge in [-0.25, -0.2) is 0 Å². The van der Waals surface area contributed by atoms with E-state index in [9.17, 15) is 14.4 Å². The van der Waals surface area contributed by atoms with Crippen LogP contribution in [0.5, 0.6) is 5.75 Å². The van der Waals surface area contributed by atoms with Gasteiger partial charge < -0.3 is 20.3 Å². The SMILES string of the molecule is CC(C)(C)C(=O)N1CCN(C(=O)c2ccc(OCC(N)=O)cc2)CC1. The number of carbonyl (C=O) groups is 3. The molecule has 3 amide bonds. The van der Waals surface area contributed by atoms with Crippen molar-refractivity contribution in [2.45, 2.75) is 20.8 Å². The molecule has 0 spiro atoms. The standard InChI is InChI=1S/C18H25N3O4/c1-18(2,3)17(24)21-10-8-20(9-11-21)16(23)13-4-6-14(7-5-13)25-12-15(19)22/h4-7H,8-12H2,1-3H3,(H2,19,22). The average molecular weight is 347 g/mol. The van der Waals surface area contributed by atoms with Crippen molar-refractivity contribution in [3.8, 4) is 5.75 Å². The zero-order valence-electron chi connectivity index (χ0n) is 14.9. The zero-order valence-corrected chi connectivity index (χ0v) is 14.9. The number of amides is 3. The first-order valence-corrected chi connectivity index (χ1v) is 8.28. The molecular weight excluding hydrogens is 322 g/mol. The maximum Gasteiger partial charge on any atom is 0.255 e. The van der Waals surface area contributed by atoms with Crippen molar-refractivity contribution >= 4 is 17.7 Å². The molecule has 0 atom stereocenters. The van der Waals surface area contributed by atoms with Gasteiger partial charge >= 0.3 is 0 Å². The predicted octanol–water partition coefficient (Wildman–Crippen LogP) is 0.881. The van der Waals surface area contributed by atoms with Crippen LogP contribution in [0.25, 0.3) is 0 Å². The van der Waals surface area contributed by atoms with Gasteiger partial charge in [-0.05, 0) is 24.3 Å². The van der Waals surface area contributed by atoms with Crippen molar-refractivity contribution in [2.24, 2.45) is 11.1 Å². The molecule has 0 aromatic heterocycles. The molecule has 136 valence electrons. The number of hydrogen-bond donors (Lipinski definition) is 1. The number of nitrogens with zero attached hydrogens (tertiary/aromatic N) is 2. The number of primary amides is 1. The van der Waals surface area contributed by atoms with Crippen molar-refractivity contribution in [1.82, 2.24) is 9.80 Å². The topological polar surface area (TPSA) is 92.9 Å². The highest BCUT2D eigenvalue weighted by molar-refractivity contribution is 5.94. The van der Waals surface area contributed by atoms with Crippen molar-refractivity contribution in [3.05, 3.63) is 29.8 Å². The largest absolute Gasteiger partial charge is 0.484 e. The number of piperazine rings is 1. The van der Waals surface area contributed by atoms with Crippen LogP contribution >= 0.6 is 0 Å². The van der Waals surface area contributed by atoms with E-state index in [0.717, 1.165) is 0 Å². The molecule has 1 saturated heterocycles. The van der Waals surface area contributed by atoms with Crippen LogP contribution in [0.4, 0.5) is 0 Å². The van der Waals surface area contributed by atoms with Gasteiger partial charge in [-0.2, -0.15) is 0 Å². The molecule has 1 fully saturated rings. The van der Waals surface area contributed by atoms with Gasteiger partial charge in [0.15, 0.2) is 6.61 Å². The van der Waals surface area contributed by atoms with E-state index in [4.69, 9.17) is 10.5 Å². The van der Waals surface area contributed by atoms with Crippen LogP contribution in [0.2, 0.25) is 0 Å². The summed E-state index contributed by atoms with van der Waals surface area (Å²) in [7, 11) is 0. The second kappa shape index (κ2) is 7.55. The second-order valence-electron chi connectivity index (χ2n) is 7.11. The lowest BCUT2D eigenvalue weighted by Crippen LogP contribution is -2.53. The lowest BCUT2D eigenvalue weighted by atomic mass is 9.94. The number of nitrogens with two attached hydrogens (primary N) is 1. The molecule has 0 saturated carbocycles. The van der Waals surface area contributed by atoms with E-state index in [0.29, 0.717) is 37.5 Å². The Morgan fingerprint density at radius 3 is 2.00 bits per heavy atom. The molecule has 25 heavy (non-hydrogen) atoms. The molecule has 1 aromatic rings. The zero-order chi connectivity index (χ0) is 18.6. The average Bonchev–Trinajstić information content (AvgIpc) is 2.58. The monoisotopic (exact) mass is 347 g/mol. The van der Waals surface area contributed by atoms with Gasteiger partial charge in [0.25, 0.3) is 11.8 Å². The molecule has 0 bridgehead atoms. The number of carbonyl (C=O) groups excluding carboxylic acids is 3. The maximum atomic E-state index is 12.6. The van der Waals surface area contributed by atoms with E-state index >= 15 is 0 Å². The number of benzene rings is 1. The summed E-state index contributed by atoms with van der Waals surface area (Å²) >= 11 is 0. The Labute approximate surface area is 147 Å². The summed E-state index contributed by atoms with van der Waals surface area (Å²) in [6, 6.07) is 6.59. The normalized spacial score (nSPS) is 15.0. The number of hydrogen-bond acceptors (Lipinski definition) is 4. The van der Waals surface area contributed by atoms with Crippen molar-refractivity contribution < 1.29 is 19.1 Å². The van der Waals surface area contributed by atoms with E-state index in [2.05, 4.69) is 0 Å². The van der Waals surface area contributed by atoms with Crippen LogP contribution in [-0.4, -0.2) is 60.3 Å². The minimum absolute atomic E-state index is 0.0793. The van der Waals surface area contributed by atoms with Gasteiger partial charge in [0, 0.05) is 37.2 Å². The Kier molecular flexibility index (Phi) is 5.66. The lowest BCUT2D eigenvalue weighted by Gasteiger charge is -2.37. The molecule has 0 aliphatic carbocycles. The molecule has 0 radical (unpaired) electrons. The van der Waals surface area contributed by atoms with Crippen LogP contribution in [0.15, 0.2) is 24.3 Å². The van der Waals surface area contributed by atoms with Gasteiger partial charge in [-0.15, -0.1) is 0 Å². The first-order valence-electron chi connectivity index (χ1n) is 8.28. The van der Waals surface area contributed by atoms with Crippen LogP contribution in [0.1, 0.15) is 31.1 Å². The summed E-state index contributed by atoms with van der Waals surface area (Å²) in [5.41, 5.74) is 5.16. The van der Waals surface area contributed by atoms with E-state index in [1.165, 1.54) is 0 Å². The molecule has 1 heterocycles. The number of rotatable bonds is 4. The molecule has 2 rings (SSSR count). The van der Waals surface area contributed by atoms with Crippen LogP contribution in [-0.2, 0) is 9.59 Å². The van der Waals surface area contributed by atoms with Crippen LogP contribution in [0, 0.1) is 5.41 Å². The summed E-state index contributed by atoms with van der Waals surface area (Å²) in [5.74, 6) is -0.0429. The highest BCUT2D eigenvalue weighted by Gasteiger charge is 2.31. The lowest BCUT2D eigenvalue weighted by molar-refractivity contribution is -0.141. The molecule has 7 nitrogen and oxygen atoms in total. The van der Waals surface area contributed by atoms with Gasteiger partial charge in [-0.1, -0.05) is 20.8 Å². The van der Waals surface area contributed by atoms with Gasteiger partial charge in [0.1, 0.15) is 5.75 Å². The van der Waals surface area contributed by atoms with E-state index in [1.54, 1.807) is 29.2 Å². The second-order valence-corrected chi connectivity index (χ2v) is 7.11. The minimum Gasteiger partial charge on any atom is -0.484 e. The summed E-state index contributed by atoms with van der Waals surface area (Å²) in [6.45, 7) is 7.61. The van der Waals surface area contributed by atoms with Gasteiger partial charge in [-0.3, -0.25) is 14.4 Å². The molecule has 2 N–H and O–H groups in total. The fourth-order valence-corrected chi connectivity index (χ4v) is 2.62. The predicted molar refractivity (Wildman–Crippen MR) is 93.1 cm³/mol. The van der Waals surface area contributed by atoms with Crippen molar-refractivity contribution in [2.75, 3.05) is 32.8 Å². The van der Waals surface area contributed by atoms with Crippen molar-refractivity contribution in [1.29, 1.82) is 0 Å². The molecule has 1 aliphatic heterocycles. The van der Waals surface area contributed by atoms with Gasteiger partial charge in [0.2, 0.25) is 5.91 Å². The molecule has 1 aliphatic rings. The fourth-order valence-electron chi connectivity index (χ4n) is 2.62. The highest BCUT2D eigenvalue weighted by atomic mass is 16.5. The summed E-state index contributed by atoms with van der Waals surface area (Å²) in [5, 5.41) is 0. The first-order chi connectivity index (χ1) is 11.7. The Morgan fingerprint density at radius 1 is 1.00 bits per heavy atom. The van der Waals surface area contributed by atoms with E-state index in [1.807, 2.05) is 25.7 Å². The fraction of sp³-hybridized carbons (Fsp3) is 0.500. The molecule has 0 unspecified atom stereocenters. The summed E-state index contributed by atoms with van der Waals surface area (Å²) in [6.07, 6.45) is 0. The first kappa shape index (κ1) is 18.8. The number of ether oxygens (including phenoxy) is 1. The molecule has 7 heteroatoms. The minimum atomic E-state index is -0.553. The molecular formula is C18H25N3O4. The third kappa shape index (κ3) is 4.95. The van der Waals surface area contributed by atoms with Crippen molar-refractivity contribution in [3.63, 3.8) is 0 Å². The molecule has 1 aromatic carbocycles. The quantitative estimate of drug-likeness (QED) is 0.875. The van der Waals surface area contributed by atoms with E-state index in [-0.39, 0.29) is 18.4 Å². The van der Waals surface area contributed by atoms with E-state index < -0.39 is 11.3 Å². The van der Waals surface area contributed by atoms with Crippen LogP contribution in [0.3, 0.4) is 0 Å². The van der Waals surface area contributed by atoms with Gasteiger partial charge in [0.05, 0.1) is 0 Å². The third-order valence-electron chi connectivity index (χ3n) is 3.98.